The third-order valence-electron chi connectivity index (χ3n) is 5.73. The van der Waals surface area contributed by atoms with Crippen molar-refractivity contribution in [1.82, 2.24) is 10.3 Å². The molecule has 150 valence electrons. The van der Waals surface area contributed by atoms with Crippen LogP contribution in [0.2, 0.25) is 0 Å². The molecule has 4 N–H and O–H groups in total. The molecule has 0 aliphatic carbocycles. The first-order valence-corrected chi connectivity index (χ1v) is 9.97. The number of fused-ring (bicyclic) bond motifs is 2. The second-order valence-electron chi connectivity index (χ2n) is 7.68. The highest BCUT2D eigenvalue weighted by molar-refractivity contribution is 5.94. The van der Waals surface area contributed by atoms with E-state index in [-0.39, 0.29) is 6.10 Å². The molecule has 0 bridgehead atoms. The summed E-state index contributed by atoms with van der Waals surface area (Å²) in [4.78, 5) is 3.41. The fourth-order valence-corrected chi connectivity index (χ4v) is 4.09. The summed E-state index contributed by atoms with van der Waals surface area (Å²) in [5.41, 5.74) is 4.73. The molecule has 6 nitrogen and oxygen atoms in total. The standard InChI is InChI=1S/C23H25N3O3/c1-28-18-11-16(24-12-18)13-29-17-6-7-21-15(8-17)10-22(25-21)19-9-14-4-2-3-5-20(14)26-23(19)27/h2-10,16,18,23-27H,11-13H2,1H3/t16-,18+,23?/m0/s1. The normalized spacial score (nSPS) is 23.5. The lowest BCUT2D eigenvalue weighted by molar-refractivity contribution is 0.115. The Morgan fingerprint density at radius 3 is 2.90 bits per heavy atom. The molecule has 3 aromatic rings. The molecule has 6 heteroatoms. The molecule has 0 radical (unpaired) electrons. The predicted molar refractivity (Wildman–Crippen MR) is 115 cm³/mol. The monoisotopic (exact) mass is 391 g/mol. The summed E-state index contributed by atoms with van der Waals surface area (Å²) in [7, 11) is 1.75. The molecule has 2 aromatic carbocycles. The summed E-state index contributed by atoms with van der Waals surface area (Å²) in [5, 5.41) is 18.2. The number of aromatic amines is 1. The average Bonchev–Trinajstić information content (AvgIpc) is 3.38. The van der Waals surface area contributed by atoms with Crippen LogP contribution in [0.4, 0.5) is 5.69 Å². The Balaban J connectivity index is 1.35. The summed E-state index contributed by atoms with van der Waals surface area (Å²) >= 11 is 0. The lowest BCUT2D eigenvalue weighted by Gasteiger charge is -2.23. The van der Waals surface area contributed by atoms with E-state index >= 15 is 0 Å². The maximum atomic E-state index is 10.6. The zero-order valence-electron chi connectivity index (χ0n) is 16.3. The van der Waals surface area contributed by atoms with Crippen LogP contribution >= 0.6 is 0 Å². The van der Waals surface area contributed by atoms with Crippen LogP contribution in [-0.2, 0) is 4.74 Å². The lowest BCUT2D eigenvalue weighted by Crippen LogP contribution is -2.28. The van der Waals surface area contributed by atoms with E-state index < -0.39 is 6.23 Å². The molecule has 5 rings (SSSR count). The maximum Gasteiger partial charge on any atom is 0.152 e. The molecule has 1 aromatic heterocycles. The van der Waals surface area contributed by atoms with Gasteiger partial charge in [-0.25, -0.2) is 0 Å². The number of ether oxygens (including phenoxy) is 2. The smallest absolute Gasteiger partial charge is 0.152 e. The first kappa shape index (κ1) is 18.2. The fourth-order valence-electron chi connectivity index (χ4n) is 4.09. The number of hydrogen-bond acceptors (Lipinski definition) is 5. The molecule has 3 heterocycles. The number of methoxy groups -OCH3 is 1. The van der Waals surface area contributed by atoms with Crippen molar-refractivity contribution in [2.45, 2.75) is 24.8 Å². The number of aliphatic hydroxyl groups excluding tert-OH is 1. The third-order valence-corrected chi connectivity index (χ3v) is 5.73. The van der Waals surface area contributed by atoms with E-state index in [1.807, 2.05) is 48.5 Å². The van der Waals surface area contributed by atoms with E-state index in [4.69, 9.17) is 9.47 Å². The number of aliphatic hydroxyl groups is 1. The molecule has 29 heavy (non-hydrogen) atoms. The van der Waals surface area contributed by atoms with Gasteiger partial charge in [-0.15, -0.1) is 0 Å². The van der Waals surface area contributed by atoms with Crippen LogP contribution < -0.4 is 15.4 Å². The summed E-state index contributed by atoms with van der Waals surface area (Å²) in [5.74, 6) is 0.840. The van der Waals surface area contributed by atoms with Crippen LogP contribution in [-0.4, -0.2) is 48.7 Å². The number of para-hydroxylation sites is 1. The van der Waals surface area contributed by atoms with E-state index in [2.05, 4.69) is 21.7 Å². The molecular weight excluding hydrogens is 366 g/mol. The van der Waals surface area contributed by atoms with Crippen molar-refractivity contribution < 1.29 is 14.6 Å². The number of benzene rings is 2. The quantitative estimate of drug-likeness (QED) is 0.537. The third kappa shape index (κ3) is 3.62. The minimum atomic E-state index is -0.754. The van der Waals surface area contributed by atoms with Crippen LogP contribution in [0.5, 0.6) is 5.75 Å². The Hall–Kier alpha value is -2.80. The van der Waals surface area contributed by atoms with Crippen molar-refractivity contribution in [3.05, 3.63) is 59.8 Å². The van der Waals surface area contributed by atoms with Crippen LogP contribution in [0.3, 0.4) is 0 Å². The predicted octanol–water partition coefficient (Wildman–Crippen LogP) is 3.21. The average molecular weight is 391 g/mol. The first-order chi connectivity index (χ1) is 14.2. The van der Waals surface area contributed by atoms with Gasteiger partial charge in [0.2, 0.25) is 0 Å². The van der Waals surface area contributed by atoms with Gasteiger partial charge in [-0.05, 0) is 48.4 Å². The summed E-state index contributed by atoms with van der Waals surface area (Å²) in [6.07, 6.45) is 2.51. The van der Waals surface area contributed by atoms with Gasteiger partial charge in [-0.1, -0.05) is 18.2 Å². The van der Waals surface area contributed by atoms with Gasteiger partial charge in [-0.2, -0.15) is 0 Å². The molecule has 0 amide bonds. The van der Waals surface area contributed by atoms with Gasteiger partial charge in [0.05, 0.1) is 6.10 Å². The summed E-state index contributed by atoms with van der Waals surface area (Å²) in [6, 6.07) is 16.4. The zero-order valence-corrected chi connectivity index (χ0v) is 16.3. The Bertz CT molecular complexity index is 1060. The Labute approximate surface area is 169 Å². The van der Waals surface area contributed by atoms with Crippen LogP contribution in [0.15, 0.2) is 48.5 Å². The molecule has 1 saturated heterocycles. The Morgan fingerprint density at radius 1 is 1.14 bits per heavy atom. The number of hydrogen-bond donors (Lipinski definition) is 4. The first-order valence-electron chi connectivity index (χ1n) is 9.97. The van der Waals surface area contributed by atoms with Crippen molar-refractivity contribution in [2.24, 2.45) is 0 Å². The summed E-state index contributed by atoms with van der Waals surface area (Å²) < 4.78 is 11.4. The number of anilines is 1. The van der Waals surface area contributed by atoms with Crippen LogP contribution in [0, 0.1) is 0 Å². The highest BCUT2D eigenvalue weighted by atomic mass is 16.5. The number of H-pyrrole nitrogens is 1. The van der Waals surface area contributed by atoms with Gasteiger partial charge >= 0.3 is 0 Å². The minimum Gasteiger partial charge on any atom is -0.492 e. The Morgan fingerprint density at radius 2 is 2.03 bits per heavy atom. The van der Waals surface area contributed by atoms with Crippen molar-refractivity contribution in [3.8, 4) is 5.75 Å². The molecule has 2 aliphatic heterocycles. The fraction of sp³-hybridized carbons (Fsp3) is 0.304. The molecule has 1 fully saturated rings. The largest absolute Gasteiger partial charge is 0.492 e. The van der Waals surface area contributed by atoms with E-state index in [9.17, 15) is 5.11 Å². The highest BCUT2D eigenvalue weighted by Crippen LogP contribution is 2.33. The SMILES string of the molecule is CO[C@H]1CN[C@H](COc2ccc3[nH]c(C4=Cc5ccccc5NC4O)cc3c2)C1. The van der Waals surface area contributed by atoms with Gasteiger partial charge in [0.25, 0.3) is 0 Å². The van der Waals surface area contributed by atoms with Gasteiger partial charge in [0, 0.05) is 47.6 Å². The molecule has 0 spiro atoms. The van der Waals surface area contributed by atoms with Crippen molar-refractivity contribution in [1.29, 1.82) is 0 Å². The topological polar surface area (TPSA) is 78.5 Å². The molecule has 0 saturated carbocycles. The minimum absolute atomic E-state index is 0.271. The number of aromatic nitrogens is 1. The van der Waals surface area contributed by atoms with Gasteiger partial charge in [0.15, 0.2) is 6.23 Å². The maximum absolute atomic E-state index is 10.6. The number of nitrogens with one attached hydrogen (secondary N) is 3. The lowest BCUT2D eigenvalue weighted by atomic mass is 10.0. The van der Waals surface area contributed by atoms with Gasteiger partial charge < -0.3 is 30.2 Å². The van der Waals surface area contributed by atoms with Gasteiger partial charge in [-0.3, -0.25) is 0 Å². The van der Waals surface area contributed by atoms with Crippen molar-refractivity contribution >= 4 is 28.2 Å². The van der Waals surface area contributed by atoms with Crippen molar-refractivity contribution in [3.63, 3.8) is 0 Å². The molecular formula is C23H25N3O3. The van der Waals surface area contributed by atoms with Gasteiger partial charge in [0.1, 0.15) is 12.4 Å². The van der Waals surface area contributed by atoms with Crippen molar-refractivity contribution in [2.75, 3.05) is 25.6 Å². The van der Waals surface area contributed by atoms with E-state index in [1.54, 1.807) is 7.11 Å². The second kappa shape index (κ2) is 7.55. The highest BCUT2D eigenvalue weighted by Gasteiger charge is 2.24. The van der Waals surface area contributed by atoms with E-state index in [0.29, 0.717) is 12.6 Å². The molecule has 2 aliphatic rings. The van der Waals surface area contributed by atoms with Crippen LogP contribution in [0.25, 0.3) is 22.6 Å². The van der Waals surface area contributed by atoms with E-state index in [1.165, 1.54) is 0 Å². The zero-order chi connectivity index (χ0) is 19.8. The number of rotatable bonds is 5. The van der Waals surface area contributed by atoms with Crippen LogP contribution in [0.1, 0.15) is 17.7 Å². The molecule has 1 unspecified atom stereocenters. The second-order valence-corrected chi connectivity index (χ2v) is 7.68. The van der Waals surface area contributed by atoms with E-state index in [0.717, 1.165) is 52.1 Å². The molecule has 3 atom stereocenters. The Kier molecular flexibility index (Phi) is 4.75. The summed E-state index contributed by atoms with van der Waals surface area (Å²) in [6.45, 7) is 1.49.